The second kappa shape index (κ2) is 13.2. The lowest BCUT2D eigenvalue weighted by Gasteiger charge is -2.20. The number of aliphatic hydroxyl groups excluding tert-OH is 2. The number of ether oxygens (including phenoxy) is 1. The van der Waals surface area contributed by atoms with Crippen LogP contribution in [-0.4, -0.2) is 83.6 Å². The predicted molar refractivity (Wildman–Crippen MR) is 164 cm³/mol. The third kappa shape index (κ3) is 6.11. The second-order valence-electron chi connectivity index (χ2n) is 10.5. The molecule has 228 valence electrons. The zero-order valence-electron chi connectivity index (χ0n) is 24.2. The number of nitrogens with zero attached hydrogens (tertiary/aromatic N) is 5. The van der Waals surface area contributed by atoms with E-state index in [0.717, 1.165) is 17.0 Å². The van der Waals surface area contributed by atoms with Crippen molar-refractivity contribution in [2.24, 2.45) is 0 Å². The topological polar surface area (TPSA) is 175 Å². The lowest BCUT2D eigenvalue weighted by molar-refractivity contribution is -0.137. The molecule has 0 radical (unpaired) electrons. The number of likely N-dealkylation sites (N-methyl/N-ethyl adjacent to an activating group) is 1. The summed E-state index contributed by atoms with van der Waals surface area (Å²) in [6.45, 7) is 3.15. The fraction of sp³-hybridized carbons (Fsp3) is 0.323. The molecule has 1 aliphatic rings. The SMILES string of the molecule is CCNC(=O)[C@H]1O[C@@H](n2cnc3c(NCC(c4ccccc4)c4ccccc4)nc(NCCc4ncc[nH]4)nc32)[C@H](O)[C@@H]1O. The first-order chi connectivity index (χ1) is 21.5. The number of aromatic amines is 1. The zero-order chi connectivity index (χ0) is 30.5. The largest absolute Gasteiger partial charge is 0.387 e. The Hall–Kier alpha value is -4.85. The van der Waals surface area contributed by atoms with Crippen molar-refractivity contribution < 1.29 is 19.7 Å². The molecule has 4 atom stereocenters. The Kier molecular flexibility index (Phi) is 8.77. The van der Waals surface area contributed by atoms with Crippen LogP contribution >= 0.6 is 0 Å². The van der Waals surface area contributed by atoms with Crippen molar-refractivity contribution in [3.63, 3.8) is 0 Å². The van der Waals surface area contributed by atoms with Crippen LogP contribution in [0.3, 0.4) is 0 Å². The van der Waals surface area contributed by atoms with E-state index in [1.165, 1.54) is 10.9 Å². The molecular formula is C31H35N9O4. The molecule has 44 heavy (non-hydrogen) atoms. The maximum absolute atomic E-state index is 12.5. The van der Waals surface area contributed by atoms with Gasteiger partial charge in [-0.1, -0.05) is 60.7 Å². The number of carbonyl (C=O) groups is 1. The minimum atomic E-state index is -1.42. The van der Waals surface area contributed by atoms with Gasteiger partial charge < -0.3 is 35.9 Å². The Bertz CT molecular complexity index is 1620. The number of H-pyrrole nitrogens is 1. The summed E-state index contributed by atoms with van der Waals surface area (Å²) in [5, 5.41) is 30.9. The van der Waals surface area contributed by atoms with Crippen molar-refractivity contribution in [2.75, 3.05) is 30.3 Å². The Morgan fingerprint density at radius 1 is 1.00 bits per heavy atom. The highest BCUT2D eigenvalue weighted by Crippen LogP contribution is 2.33. The molecule has 2 aromatic carbocycles. The van der Waals surface area contributed by atoms with Crippen LogP contribution in [0.2, 0.25) is 0 Å². The summed E-state index contributed by atoms with van der Waals surface area (Å²) in [5.41, 5.74) is 3.11. The quantitative estimate of drug-likeness (QED) is 0.125. The van der Waals surface area contributed by atoms with Crippen LogP contribution in [0.4, 0.5) is 11.8 Å². The van der Waals surface area contributed by atoms with Gasteiger partial charge in [-0.25, -0.2) is 9.97 Å². The van der Waals surface area contributed by atoms with E-state index in [1.54, 1.807) is 19.3 Å². The Labute approximate surface area is 253 Å². The Morgan fingerprint density at radius 3 is 2.39 bits per heavy atom. The van der Waals surface area contributed by atoms with Crippen molar-refractivity contribution in [3.05, 3.63) is 96.3 Å². The lowest BCUT2D eigenvalue weighted by atomic mass is 9.91. The molecule has 5 aromatic rings. The first kappa shape index (κ1) is 29.2. The van der Waals surface area contributed by atoms with Gasteiger partial charge in [0, 0.05) is 44.4 Å². The third-order valence-corrected chi connectivity index (χ3v) is 7.62. The molecule has 1 aliphatic heterocycles. The fourth-order valence-electron chi connectivity index (χ4n) is 5.41. The summed E-state index contributed by atoms with van der Waals surface area (Å²) in [7, 11) is 0. The first-order valence-corrected chi connectivity index (χ1v) is 14.6. The normalized spacial score (nSPS) is 19.8. The molecule has 3 aromatic heterocycles. The second-order valence-corrected chi connectivity index (χ2v) is 10.5. The fourth-order valence-corrected chi connectivity index (χ4v) is 5.41. The van der Waals surface area contributed by atoms with Gasteiger partial charge in [-0.2, -0.15) is 9.97 Å². The van der Waals surface area contributed by atoms with E-state index in [1.807, 2.05) is 36.4 Å². The Morgan fingerprint density at radius 2 is 1.73 bits per heavy atom. The molecule has 13 heteroatoms. The van der Waals surface area contributed by atoms with Gasteiger partial charge >= 0.3 is 0 Å². The van der Waals surface area contributed by atoms with Gasteiger partial charge in [0.25, 0.3) is 5.91 Å². The van der Waals surface area contributed by atoms with Crippen molar-refractivity contribution in [1.29, 1.82) is 0 Å². The van der Waals surface area contributed by atoms with E-state index in [-0.39, 0.29) is 5.92 Å². The van der Waals surface area contributed by atoms with Gasteiger partial charge in [0.05, 0.1) is 6.33 Å². The number of imidazole rings is 2. The molecule has 6 N–H and O–H groups in total. The number of aliphatic hydroxyl groups is 2. The van der Waals surface area contributed by atoms with Crippen LogP contribution in [0.5, 0.6) is 0 Å². The number of anilines is 2. The maximum Gasteiger partial charge on any atom is 0.252 e. The van der Waals surface area contributed by atoms with E-state index in [4.69, 9.17) is 14.7 Å². The zero-order valence-corrected chi connectivity index (χ0v) is 24.2. The summed E-state index contributed by atoms with van der Waals surface area (Å²) in [5.74, 6) is 1.16. The summed E-state index contributed by atoms with van der Waals surface area (Å²) < 4.78 is 7.40. The van der Waals surface area contributed by atoms with Crippen LogP contribution in [0, 0.1) is 0 Å². The minimum absolute atomic E-state index is 0.0211. The molecule has 0 spiro atoms. The molecule has 0 saturated carbocycles. The molecular weight excluding hydrogens is 562 g/mol. The summed E-state index contributed by atoms with van der Waals surface area (Å²) >= 11 is 0. The molecule has 0 bridgehead atoms. The predicted octanol–water partition coefficient (Wildman–Crippen LogP) is 2.20. The summed E-state index contributed by atoms with van der Waals surface area (Å²) in [6.07, 6.45) is 0.412. The average molecular weight is 598 g/mol. The van der Waals surface area contributed by atoms with Gasteiger partial charge in [0.1, 0.15) is 18.0 Å². The lowest BCUT2D eigenvalue weighted by Crippen LogP contribution is -2.42. The highest BCUT2D eigenvalue weighted by molar-refractivity contribution is 5.85. The van der Waals surface area contributed by atoms with Crippen molar-refractivity contribution >= 4 is 28.8 Å². The number of hydrogen-bond acceptors (Lipinski definition) is 10. The number of fused-ring (bicyclic) bond motifs is 1. The van der Waals surface area contributed by atoms with Gasteiger partial charge in [-0.05, 0) is 18.1 Å². The minimum Gasteiger partial charge on any atom is -0.387 e. The standard InChI is InChI=1S/C31H35N9O4/c1-2-32-29(43)26-24(41)25(42)30(44-26)40-18-37-23-27(38-31(39-28(23)40)35-14-13-22-33-15-16-34-22)36-17-21(19-9-5-3-6-10-19)20-11-7-4-8-12-20/h3-12,15-16,18,21,24-26,30,41-42H,2,13-14,17H2,1H3,(H,32,43)(H,33,34)(H2,35,36,38,39)/t24-,25+,26-,30+/m0/s1. The third-order valence-electron chi connectivity index (χ3n) is 7.62. The highest BCUT2D eigenvalue weighted by Gasteiger charge is 2.47. The molecule has 6 rings (SSSR count). The van der Waals surface area contributed by atoms with Crippen molar-refractivity contribution in [1.82, 2.24) is 34.8 Å². The number of nitrogens with one attached hydrogen (secondary N) is 4. The van der Waals surface area contributed by atoms with Gasteiger partial charge in [0.15, 0.2) is 29.3 Å². The molecule has 1 saturated heterocycles. The van der Waals surface area contributed by atoms with E-state index in [2.05, 4.69) is 55.2 Å². The van der Waals surface area contributed by atoms with Crippen LogP contribution in [0.25, 0.3) is 11.2 Å². The van der Waals surface area contributed by atoms with Crippen LogP contribution < -0.4 is 16.0 Å². The number of rotatable bonds is 12. The molecule has 1 fully saturated rings. The van der Waals surface area contributed by atoms with Crippen molar-refractivity contribution in [2.45, 2.75) is 43.8 Å². The first-order valence-electron chi connectivity index (χ1n) is 14.6. The molecule has 13 nitrogen and oxygen atoms in total. The number of aromatic nitrogens is 6. The van der Waals surface area contributed by atoms with Crippen molar-refractivity contribution in [3.8, 4) is 0 Å². The van der Waals surface area contributed by atoms with Crippen LogP contribution in [0.1, 0.15) is 36.0 Å². The number of hydrogen-bond donors (Lipinski definition) is 6. The number of amides is 1. The van der Waals surface area contributed by atoms with Gasteiger partial charge in [0.2, 0.25) is 5.95 Å². The smallest absolute Gasteiger partial charge is 0.252 e. The molecule has 0 unspecified atom stereocenters. The van der Waals surface area contributed by atoms with Crippen LogP contribution in [-0.2, 0) is 16.0 Å². The Balaban J connectivity index is 1.33. The van der Waals surface area contributed by atoms with Crippen LogP contribution in [0.15, 0.2) is 79.4 Å². The van der Waals surface area contributed by atoms with Gasteiger partial charge in [-0.3, -0.25) is 9.36 Å². The maximum atomic E-state index is 12.5. The highest BCUT2D eigenvalue weighted by atomic mass is 16.6. The summed E-state index contributed by atoms with van der Waals surface area (Å²) in [4.78, 5) is 33.9. The van der Waals surface area contributed by atoms with E-state index >= 15 is 0 Å². The van der Waals surface area contributed by atoms with E-state index < -0.39 is 30.4 Å². The monoisotopic (exact) mass is 597 g/mol. The summed E-state index contributed by atoms with van der Waals surface area (Å²) in [6, 6.07) is 20.5. The van der Waals surface area contributed by atoms with E-state index in [9.17, 15) is 15.0 Å². The van der Waals surface area contributed by atoms with Gasteiger partial charge in [-0.15, -0.1) is 0 Å². The molecule has 0 aliphatic carbocycles. The average Bonchev–Trinajstić information content (AvgIpc) is 3.79. The van der Waals surface area contributed by atoms with E-state index in [0.29, 0.717) is 49.0 Å². The molecule has 1 amide bonds. The number of carbonyl (C=O) groups excluding carboxylic acids is 1. The number of benzene rings is 2. The molecule has 4 heterocycles.